The normalized spacial score (nSPS) is 18.6. The van der Waals surface area contributed by atoms with Crippen LogP contribution in [0.4, 0.5) is 11.5 Å². The van der Waals surface area contributed by atoms with E-state index in [4.69, 9.17) is 0 Å². The van der Waals surface area contributed by atoms with Crippen molar-refractivity contribution < 1.29 is 4.79 Å². The van der Waals surface area contributed by atoms with Crippen molar-refractivity contribution in [3.63, 3.8) is 0 Å². The molecule has 2 aliphatic rings. The maximum atomic E-state index is 12.8. The third-order valence-corrected chi connectivity index (χ3v) is 5.78. The summed E-state index contributed by atoms with van der Waals surface area (Å²) in [5.41, 5.74) is 1.64. The smallest absolute Gasteiger partial charge is 0.274 e. The van der Waals surface area contributed by atoms with Crippen molar-refractivity contribution in [1.29, 1.82) is 0 Å². The second kappa shape index (κ2) is 9.04. The number of para-hydroxylation sites is 1. The van der Waals surface area contributed by atoms with Gasteiger partial charge in [0.15, 0.2) is 5.69 Å². The van der Waals surface area contributed by atoms with Gasteiger partial charge in [0.05, 0.1) is 0 Å². The Kier molecular flexibility index (Phi) is 6.04. The Morgan fingerprint density at radius 1 is 0.857 bits per heavy atom. The van der Waals surface area contributed by atoms with Crippen molar-refractivity contribution >= 4 is 17.4 Å². The molecule has 0 atom stereocenters. The predicted molar refractivity (Wildman–Crippen MR) is 112 cm³/mol. The van der Waals surface area contributed by atoms with Gasteiger partial charge in [-0.2, -0.15) is 0 Å². The summed E-state index contributed by atoms with van der Waals surface area (Å²) < 4.78 is 0. The fraction of sp³-hybridized carbons (Fsp3) is 0.500. The van der Waals surface area contributed by atoms with E-state index in [2.05, 4.69) is 32.5 Å². The third-order valence-electron chi connectivity index (χ3n) is 5.78. The van der Waals surface area contributed by atoms with Crippen LogP contribution in [0.2, 0.25) is 0 Å². The SMILES string of the molecule is O=C(c1ccc(NC2CCCCCC2)nn1)N1CCN(c2ccccc2)CC1. The Bertz CT molecular complexity index is 748. The van der Waals surface area contributed by atoms with Gasteiger partial charge in [0.25, 0.3) is 5.91 Å². The van der Waals surface area contributed by atoms with E-state index in [1.54, 1.807) is 6.07 Å². The Labute approximate surface area is 166 Å². The van der Waals surface area contributed by atoms with E-state index in [1.807, 2.05) is 29.2 Å². The van der Waals surface area contributed by atoms with Crippen LogP contribution in [0.15, 0.2) is 42.5 Å². The number of anilines is 2. The van der Waals surface area contributed by atoms with Gasteiger partial charge < -0.3 is 15.1 Å². The fourth-order valence-corrected chi connectivity index (χ4v) is 4.12. The summed E-state index contributed by atoms with van der Waals surface area (Å²) >= 11 is 0. The lowest BCUT2D eigenvalue weighted by Gasteiger charge is -2.35. The van der Waals surface area contributed by atoms with Crippen LogP contribution in [0.25, 0.3) is 0 Å². The highest BCUT2D eigenvalue weighted by Gasteiger charge is 2.23. The van der Waals surface area contributed by atoms with E-state index in [0.717, 1.165) is 18.9 Å². The van der Waals surface area contributed by atoms with Gasteiger partial charge in [-0.1, -0.05) is 43.9 Å². The second-order valence-corrected chi connectivity index (χ2v) is 7.75. The molecule has 2 aromatic rings. The van der Waals surface area contributed by atoms with Gasteiger partial charge >= 0.3 is 0 Å². The molecule has 6 heteroatoms. The highest BCUT2D eigenvalue weighted by atomic mass is 16.2. The summed E-state index contributed by atoms with van der Waals surface area (Å²) in [6, 6.07) is 14.5. The van der Waals surface area contributed by atoms with Crippen LogP contribution in [0.3, 0.4) is 0 Å². The lowest BCUT2D eigenvalue weighted by Crippen LogP contribution is -2.49. The number of carbonyl (C=O) groups excluding carboxylic acids is 1. The second-order valence-electron chi connectivity index (χ2n) is 7.75. The van der Waals surface area contributed by atoms with Gasteiger partial charge in [-0.15, -0.1) is 10.2 Å². The number of benzene rings is 1. The van der Waals surface area contributed by atoms with E-state index in [-0.39, 0.29) is 5.91 Å². The van der Waals surface area contributed by atoms with Gasteiger partial charge in [-0.3, -0.25) is 4.79 Å². The van der Waals surface area contributed by atoms with E-state index in [9.17, 15) is 4.79 Å². The number of amides is 1. The largest absolute Gasteiger partial charge is 0.368 e. The van der Waals surface area contributed by atoms with Gasteiger partial charge in [0.1, 0.15) is 5.82 Å². The molecule has 1 N–H and O–H groups in total. The first-order chi connectivity index (χ1) is 13.8. The third kappa shape index (κ3) is 4.61. The minimum Gasteiger partial charge on any atom is -0.368 e. The predicted octanol–water partition coefficient (Wildman–Crippen LogP) is 3.57. The number of carbonyl (C=O) groups is 1. The maximum absolute atomic E-state index is 12.8. The minimum absolute atomic E-state index is 0.0266. The molecule has 0 spiro atoms. The van der Waals surface area contributed by atoms with Crippen LogP contribution in [0.1, 0.15) is 49.0 Å². The average Bonchev–Trinajstić information content (AvgIpc) is 3.03. The van der Waals surface area contributed by atoms with Crippen LogP contribution >= 0.6 is 0 Å². The van der Waals surface area contributed by atoms with Crippen molar-refractivity contribution in [2.24, 2.45) is 0 Å². The molecule has 28 heavy (non-hydrogen) atoms. The minimum atomic E-state index is -0.0266. The summed E-state index contributed by atoms with van der Waals surface area (Å²) in [6.45, 7) is 3.09. The van der Waals surface area contributed by atoms with Crippen LogP contribution in [0.5, 0.6) is 0 Å². The van der Waals surface area contributed by atoms with Crippen LogP contribution < -0.4 is 10.2 Å². The molecule has 2 heterocycles. The summed E-state index contributed by atoms with van der Waals surface area (Å²) in [5, 5.41) is 12.0. The molecule has 0 radical (unpaired) electrons. The van der Waals surface area contributed by atoms with Crippen molar-refractivity contribution in [2.75, 3.05) is 36.4 Å². The molecule has 1 saturated carbocycles. The van der Waals surface area contributed by atoms with E-state index in [0.29, 0.717) is 24.8 Å². The Morgan fingerprint density at radius 3 is 2.21 bits per heavy atom. The topological polar surface area (TPSA) is 61.4 Å². The molecule has 148 valence electrons. The molecule has 1 aliphatic heterocycles. The standard InChI is InChI=1S/C22H29N5O/c28-22(27-16-14-26(15-17-27)19-10-6-3-7-11-19)20-12-13-21(25-24-20)23-18-8-4-1-2-5-9-18/h3,6-7,10-13,18H,1-2,4-5,8-9,14-17H2,(H,23,25). The molecule has 1 aliphatic carbocycles. The molecule has 1 saturated heterocycles. The Balaban J connectivity index is 1.31. The Hall–Kier alpha value is -2.63. The van der Waals surface area contributed by atoms with Gasteiger partial charge in [0, 0.05) is 37.9 Å². The molecule has 1 aromatic carbocycles. The van der Waals surface area contributed by atoms with Crippen LogP contribution in [-0.2, 0) is 0 Å². The van der Waals surface area contributed by atoms with E-state index >= 15 is 0 Å². The molecular weight excluding hydrogens is 350 g/mol. The van der Waals surface area contributed by atoms with E-state index in [1.165, 1.54) is 44.2 Å². The maximum Gasteiger partial charge on any atom is 0.274 e. The van der Waals surface area contributed by atoms with E-state index < -0.39 is 0 Å². The summed E-state index contributed by atoms with van der Waals surface area (Å²) in [4.78, 5) is 17.0. The monoisotopic (exact) mass is 379 g/mol. The number of hydrogen-bond acceptors (Lipinski definition) is 5. The number of rotatable bonds is 4. The number of nitrogens with one attached hydrogen (secondary N) is 1. The van der Waals surface area contributed by atoms with Crippen LogP contribution in [-0.4, -0.2) is 53.2 Å². The van der Waals surface area contributed by atoms with Crippen molar-refractivity contribution in [3.05, 3.63) is 48.2 Å². The average molecular weight is 380 g/mol. The molecule has 6 nitrogen and oxygen atoms in total. The molecule has 1 amide bonds. The number of aromatic nitrogens is 2. The Morgan fingerprint density at radius 2 is 1.57 bits per heavy atom. The zero-order chi connectivity index (χ0) is 19.2. The van der Waals surface area contributed by atoms with Gasteiger partial charge in [-0.05, 0) is 37.1 Å². The van der Waals surface area contributed by atoms with Crippen molar-refractivity contribution in [2.45, 2.75) is 44.6 Å². The lowest BCUT2D eigenvalue weighted by atomic mass is 10.1. The summed E-state index contributed by atoms with van der Waals surface area (Å²) in [5.74, 6) is 0.749. The highest BCUT2D eigenvalue weighted by Crippen LogP contribution is 2.20. The fourth-order valence-electron chi connectivity index (χ4n) is 4.12. The number of piperazine rings is 1. The lowest BCUT2D eigenvalue weighted by molar-refractivity contribution is 0.0739. The molecular formula is C22H29N5O. The molecule has 1 aromatic heterocycles. The van der Waals surface area contributed by atoms with Crippen LogP contribution in [0, 0.1) is 0 Å². The van der Waals surface area contributed by atoms with Gasteiger partial charge in [-0.25, -0.2) is 0 Å². The first kappa shape index (κ1) is 18.7. The molecule has 2 fully saturated rings. The summed E-state index contributed by atoms with van der Waals surface area (Å²) in [7, 11) is 0. The molecule has 0 unspecified atom stereocenters. The number of hydrogen-bond donors (Lipinski definition) is 1. The highest BCUT2D eigenvalue weighted by molar-refractivity contribution is 5.92. The zero-order valence-corrected chi connectivity index (χ0v) is 16.4. The molecule has 0 bridgehead atoms. The zero-order valence-electron chi connectivity index (χ0n) is 16.4. The van der Waals surface area contributed by atoms with Gasteiger partial charge in [0.2, 0.25) is 0 Å². The van der Waals surface area contributed by atoms with Crippen molar-refractivity contribution in [1.82, 2.24) is 15.1 Å². The summed E-state index contributed by atoms with van der Waals surface area (Å²) in [6.07, 6.45) is 7.58. The first-order valence-electron chi connectivity index (χ1n) is 10.5. The van der Waals surface area contributed by atoms with Crippen molar-refractivity contribution in [3.8, 4) is 0 Å². The number of nitrogens with zero attached hydrogens (tertiary/aromatic N) is 4. The quantitative estimate of drug-likeness (QED) is 0.823. The molecule has 4 rings (SSSR count). The first-order valence-corrected chi connectivity index (χ1v) is 10.5.